The summed E-state index contributed by atoms with van der Waals surface area (Å²) in [6.07, 6.45) is 7.48. The zero-order valence-electron chi connectivity index (χ0n) is 13.7. The molecule has 1 fully saturated rings. The number of likely N-dealkylation sites (N-methyl/N-ethyl adjacent to an activating group) is 2. The molecule has 1 aromatic rings. The molecule has 1 N–H and O–H groups in total. The molecule has 2 rings (SSSR count). The van der Waals surface area contributed by atoms with Crippen molar-refractivity contribution in [3.05, 3.63) is 18.1 Å². The zero-order valence-corrected chi connectivity index (χ0v) is 13.7. The van der Waals surface area contributed by atoms with Gasteiger partial charge in [-0.3, -0.25) is 9.88 Å². The molecule has 0 radical (unpaired) electrons. The van der Waals surface area contributed by atoms with Gasteiger partial charge in [0, 0.05) is 32.4 Å². The highest BCUT2D eigenvalue weighted by Crippen LogP contribution is 2.19. The van der Waals surface area contributed by atoms with Crippen LogP contribution < -0.4 is 10.2 Å². The van der Waals surface area contributed by atoms with Crippen LogP contribution >= 0.6 is 0 Å². The quantitative estimate of drug-likeness (QED) is 0.741. The van der Waals surface area contributed by atoms with Gasteiger partial charge in [-0.1, -0.05) is 13.8 Å². The summed E-state index contributed by atoms with van der Waals surface area (Å²) in [5, 5.41) is 3.38. The number of aromatic nitrogens is 2. The summed E-state index contributed by atoms with van der Waals surface area (Å²) in [4.78, 5) is 13.9. The van der Waals surface area contributed by atoms with Crippen LogP contribution in [0.5, 0.6) is 0 Å². The van der Waals surface area contributed by atoms with Gasteiger partial charge in [0.15, 0.2) is 0 Å². The lowest BCUT2D eigenvalue weighted by Gasteiger charge is -2.28. The Labute approximate surface area is 128 Å². The molecule has 0 amide bonds. The van der Waals surface area contributed by atoms with Crippen LogP contribution in [-0.4, -0.2) is 54.1 Å². The van der Waals surface area contributed by atoms with Crippen LogP contribution in [0.2, 0.25) is 0 Å². The molecule has 21 heavy (non-hydrogen) atoms. The lowest BCUT2D eigenvalue weighted by atomic mass is 10.2. The van der Waals surface area contributed by atoms with Crippen LogP contribution in [0.25, 0.3) is 0 Å². The minimum atomic E-state index is 0.656. The normalized spacial score (nSPS) is 19.1. The third-order valence-corrected chi connectivity index (χ3v) is 4.19. The van der Waals surface area contributed by atoms with E-state index in [4.69, 9.17) is 4.98 Å². The number of hydrogen-bond donors (Lipinski definition) is 1. The van der Waals surface area contributed by atoms with Gasteiger partial charge in [0.1, 0.15) is 5.82 Å². The molecule has 5 heteroatoms. The van der Waals surface area contributed by atoms with Crippen LogP contribution in [0.15, 0.2) is 12.4 Å². The number of anilines is 1. The SMILES string of the molecule is CCCNCc1cncc(N(C)CC2CCCN2CC)n1. The lowest BCUT2D eigenvalue weighted by molar-refractivity contribution is 0.270. The van der Waals surface area contributed by atoms with Gasteiger partial charge < -0.3 is 10.2 Å². The van der Waals surface area contributed by atoms with Gasteiger partial charge in [0.05, 0.1) is 11.9 Å². The standard InChI is InChI=1S/C16H29N5/c1-4-8-17-10-14-11-18-12-16(19-14)20(3)13-15-7-6-9-21(15)5-2/h11-12,15,17H,4-10,13H2,1-3H3. The van der Waals surface area contributed by atoms with Crippen LogP contribution in [0.4, 0.5) is 5.82 Å². The van der Waals surface area contributed by atoms with Crippen molar-refractivity contribution in [1.29, 1.82) is 0 Å². The molecule has 1 aliphatic heterocycles. The summed E-state index contributed by atoms with van der Waals surface area (Å²) in [6, 6.07) is 0.656. The number of hydrogen-bond acceptors (Lipinski definition) is 5. The van der Waals surface area contributed by atoms with E-state index in [9.17, 15) is 0 Å². The van der Waals surface area contributed by atoms with Gasteiger partial charge >= 0.3 is 0 Å². The Morgan fingerprint density at radius 2 is 2.24 bits per heavy atom. The monoisotopic (exact) mass is 291 g/mol. The van der Waals surface area contributed by atoms with Gasteiger partial charge in [-0.15, -0.1) is 0 Å². The van der Waals surface area contributed by atoms with Crippen molar-refractivity contribution in [2.75, 3.05) is 38.1 Å². The molecule has 1 saturated heterocycles. The van der Waals surface area contributed by atoms with Gasteiger partial charge in [-0.05, 0) is 38.9 Å². The second kappa shape index (κ2) is 8.29. The lowest BCUT2D eigenvalue weighted by Crippen LogP contribution is -2.39. The second-order valence-corrected chi connectivity index (χ2v) is 5.85. The van der Waals surface area contributed by atoms with E-state index in [0.29, 0.717) is 6.04 Å². The largest absolute Gasteiger partial charge is 0.357 e. The molecule has 1 unspecified atom stereocenters. The third-order valence-electron chi connectivity index (χ3n) is 4.19. The van der Waals surface area contributed by atoms with Gasteiger partial charge in [-0.2, -0.15) is 0 Å². The Kier molecular flexibility index (Phi) is 6.39. The molecule has 0 aromatic carbocycles. The molecular weight excluding hydrogens is 262 g/mol. The van der Waals surface area contributed by atoms with Crippen molar-refractivity contribution in [1.82, 2.24) is 20.2 Å². The molecule has 0 bridgehead atoms. The highest BCUT2D eigenvalue weighted by molar-refractivity contribution is 5.35. The van der Waals surface area contributed by atoms with E-state index in [-0.39, 0.29) is 0 Å². The molecule has 2 heterocycles. The summed E-state index contributed by atoms with van der Waals surface area (Å²) in [5.41, 5.74) is 1.02. The van der Waals surface area contributed by atoms with Gasteiger partial charge in [0.25, 0.3) is 0 Å². The Balaban J connectivity index is 1.92. The average Bonchev–Trinajstić information content (AvgIpc) is 2.95. The van der Waals surface area contributed by atoms with E-state index in [1.807, 2.05) is 12.4 Å². The fourth-order valence-electron chi connectivity index (χ4n) is 2.99. The number of nitrogens with one attached hydrogen (secondary N) is 1. The van der Waals surface area contributed by atoms with E-state index in [0.717, 1.165) is 44.1 Å². The first-order valence-electron chi connectivity index (χ1n) is 8.21. The molecule has 1 aliphatic rings. The highest BCUT2D eigenvalue weighted by Gasteiger charge is 2.24. The van der Waals surface area contributed by atoms with Crippen LogP contribution in [0, 0.1) is 0 Å². The van der Waals surface area contributed by atoms with E-state index in [1.54, 1.807) is 0 Å². The minimum absolute atomic E-state index is 0.656. The van der Waals surface area contributed by atoms with Crippen molar-refractivity contribution >= 4 is 5.82 Å². The van der Waals surface area contributed by atoms with E-state index < -0.39 is 0 Å². The molecule has 1 atom stereocenters. The Morgan fingerprint density at radius 3 is 3.00 bits per heavy atom. The molecule has 0 saturated carbocycles. The predicted octanol–water partition coefficient (Wildman–Crippen LogP) is 1.90. The summed E-state index contributed by atoms with van der Waals surface area (Å²) in [5.74, 6) is 0.980. The van der Waals surface area contributed by atoms with E-state index in [2.05, 4.69) is 41.0 Å². The number of likely N-dealkylation sites (tertiary alicyclic amines) is 1. The summed E-state index contributed by atoms with van der Waals surface area (Å²) >= 11 is 0. The van der Waals surface area contributed by atoms with E-state index >= 15 is 0 Å². The smallest absolute Gasteiger partial charge is 0.147 e. The molecule has 0 spiro atoms. The summed E-state index contributed by atoms with van der Waals surface area (Å²) in [6.45, 7) is 9.66. The van der Waals surface area contributed by atoms with Crippen molar-refractivity contribution < 1.29 is 0 Å². The van der Waals surface area contributed by atoms with Crippen LogP contribution in [-0.2, 0) is 6.54 Å². The first kappa shape index (κ1) is 16.2. The minimum Gasteiger partial charge on any atom is -0.357 e. The van der Waals surface area contributed by atoms with Crippen molar-refractivity contribution in [2.24, 2.45) is 0 Å². The van der Waals surface area contributed by atoms with Gasteiger partial charge in [-0.25, -0.2) is 4.98 Å². The van der Waals surface area contributed by atoms with Crippen LogP contribution in [0.1, 0.15) is 38.8 Å². The number of nitrogens with zero attached hydrogens (tertiary/aromatic N) is 4. The van der Waals surface area contributed by atoms with Crippen molar-refractivity contribution in [3.8, 4) is 0 Å². The highest BCUT2D eigenvalue weighted by atomic mass is 15.2. The Morgan fingerprint density at radius 1 is 1.38 bits per heavy atom. The predicted molar refractivity (Wildman–Crippen MR) is 87.6 cm³/mol. The molecule has 118 valence electrons. The first-order valence-corrected chi connectivity index (χ1v) is 8.21. The Bertz CT molecular complexity index is 423. The molecule has 1 aromatic heterocycles. The maximum absolute atomic E-state index is 4.72. The fraction of sp³-hybridized carbons (Fsp3) is 0.750. The molecule has 0 aliphatic carbocycles. The van der Waals surface area contributed by atoms with E-state index in [1.165, 1.54) is 19.4 Å². The van der Waals surface area contributed by atoms with Gasteiger partial charge in [0.2, 0.25) is 0 Å². The maximum atomic E-state index is 4.72. The second-order valence-electron chi connectivity index (χ2n) is 5.85. The number of rotatable bonds is 8. The molecular formula is C16H29N5. The average molecular weight is 291 g/mol. The summed E-state index contributed by atoms with van der Waals surface area (Å²) in [7, 11) is 2.12. The Hall–Kier alpha value is -1.20. The first-order chi connectivity index (χ1) is 10.2. The van der Waals surface area contributed by atoms with Crippen molar-refractivity contribution in [2.45, 2.75) is 45.7 Å². The maximum Gasteiger partial charge on any atom is 0.147 e. The fourth-order valence-corrected chi connectivity index (χ4v) is 2.99. The zero-order chi connectivity index (χ0) is 15.1. The summed E-state index contributed by atoms with van der Waals surface area (Å²) < 4.78 is 0. The van der Waals surface area contributed by atoms with Crippen molar-refractivity contribution in [3.63, 3.8) is 0 Å². The van der Waals surface area contributed by atoms with Crippen LogP contribution in [0.3, 0.4) is 0 Å². The molecule has 5 nitrogen and oxygen atoms in total. The topological polar surface area (TPSA) is 44.3 Å². The third kappa shape index (κ3) is 4.64.